The number of ether oxygens (including phenoxy) is 1. The number of rotatable bonds is 1. The number of carbonyl (C=O) groups excluding carboxylic acids is 1. The molecule has 86 valence electrons. The molecular weight excluding hydrogens is 204 g/mol. The zero-order valence-corrected chi connectivity index (χ0v) is 9.35. The fraction of sp³-hybridized carbons (Fsp3) is 0.417. The molecule has 1 aliphatic rings. The lowest BCUT2D eigenvalue weighted by atomic mass is 10.2. The number of hydrogen-bond acceptors (Lipinski definition) is 3. The molecule has 0 radical (unpaired) electrons. The summed E-state index contributed by atoms with van der Waals surface area (Å²) in [6.45, 7) is 4.29. The van der Waals surface area contributed by atoms with Gasteiger partial charge in [-0.15, -0.1) is 0 Å². The summed E-state index contributed by atoms with van der Waals surface area (Å²) in [6.07, 6.45) is -0.264. The van der Waals surface area contributed by atoms with E-state index in [0.717, 1.165) is 6.54 Å². The highest BCUT2D eigenvalue weighted by molar-refractivity contribution is 5.70. The molecule has 1 aromatic carbocycles. The molecule has 4 heteroatoms. The summed E-state index contributed by atoms with van der Waals surface area (Å²) in [5.41, 5.74) is 0. The molecule has 1 heterocycles. The Hall–Kier alpha value is -1.55. The van der Waals surface area contributed by atoms with Gasteiger partial charge in [-0.05, 0) is 19.1 Å². The highest BCUT2D eigenvalue weighted by Crippen LogP contribution is 2.11. The van der Waals surface area contributed by atoms with E-state index in [-0.39, 0.29) is 6.09 Å². The van der Waals surface area contributed by atoms with Crippen LogP contribution in [-0.4, -0.2) is 36.7 Å². The predicted octanol–water partition coefficient (Wildman–Crippen LogP) is 1.48. The fourth-order valence-electron chi connectivity index (χ4n) is 1.75. The van der Waals surface area contributed by atoms with Gasteiger partial charge in [0.05, 0.1) is 0 Å². The Morgan fingerprint density at radius 2 is 2.19 bits per heavy atom. The van der Waals surface area contributed by atoms with Crippen LogP contribution in [0.25, 0.3) is 0 Å². The van der Waals surface area contributed by atoms with Crippen LogP contribution in [0.4, 0.5) is 4.79 Å². The van der Waals surface area contributed by atoms with Gasteiger partial charge in [-0.25, -0.2) is 4.79 Å². The van der Waals surface area contributed by atoms with Gasteiger partial charge >= 0.3 is 6.09 Å². The van der Waals surface area contributed by atoms with Crippen molar-refractivity contribution in [3.63, 3.8) is 0 Å². The first-order chi connectivity index (χ1) is 7.75. The van der Waals surface area contributed by atoms with E-state index in [4.69, 9.17) is 4.74 Å². The first-order valence-electron chi connectivity index (χ1n) is 5.51. The molecule has 0 spiro atoms. The highest BCUT2D eigenvalue weighted by Gasteiger charge is 2.21. The standard InChI is InChI=1S/C12H16N2O2/c1-10-9-14(8-7-13-10)12(15)16-11-5-3-2-4-6-11/h2-6,10,13H,7-9H2,1H3/t10-/m1/s1. The third-order valence-corrected chi connectivity index (χ3v) is 2.58. The van der Waals surface area contributed by atoms with Crippen LogP contribution >= 0.6 is 0 Å². The van der Waals surface area contributed by atoms with Crippen LogP contribution in [0.1, 0.15) is 6.92 Å². The molecule has 1 N–H and O–H groups in total. The first-order valence-corrected chi connectivity index (χ1v) is 5.51. The van der Waals surface area contributed by atoms with Crippen molar-refractivity contribution in [3.05, 3.63) is 30.3 Å². The fourth-order valence-corrected chi connectivity index (χ4v) is 1.75. The van der Waals surface area contributed by atoms with E-state index in [9.17, 15) is 4.79 Å². The Morgan fingerprint density at radius 1 is 1.44 bits per heavy atom. The van der Waals surface area contributed by atoms with E-state index in [1.54, 1.807) is 17.0 Å². The van der Waals surface area contributed by atoms with Crippen LogP contribution in [0.5, 0.6) is 5.75 Å². The summed E-state index contributed by atoms with van der Waals surface area (Å²) >= 11 is 0. The van der Waals surface area contributed by atoms with Crippen LogP contribution in [0.2, 0.25) is 0 Å². The Kier molecular flexibility index (Phi) is 3.41. The van der Waals surface area contributed by atoms with Gasteiger partial charge in [-0.1, -0.05) is 18.2 Å². The van der Waals surface area contributed by atoms with Gasteiger partial charge in [-0.3, -0.25) is 0 Å². The monoisotopic (exact) mass is 220 g/mol. The highest BCUT2D eigenvalue weighted by atomic mass is 16.6. The maximum absolute atomic E-state index is 11.8. The molecule has 0 aliphatic carbocycles. The zero-order chi connectivity index (χ0) is 11.4. The number of amides is 1. The van der Waals surface area contributed by atoms with E-state index < -0.39 is 0 Å². The molecule has 0 aromatic heterocycles. The predicted molar refractivity (Wildman–Crippen MR) is 61.5 cm³/mol. The topological polar surface area (TPSA) is 41.6 Å². The smallest absolute Gasteiger partial charge is 0.410 e. The average Bonchev–Trinajstić information content (AvgIpc) is 2.30. The SMILES string of the molecule is C[C@@H]1CN(C(=O)Oc2ccccc2)CCN1. The Balaban J connectivity index is 1.93. The quantitative estimate of drug-likeness (QED) is 0.779. The number of nitrogens with one attached hydrogen (secondary N) is 1. The number of piperazine rings is 1. The minimum absolute atomic E-state index is 0.264. The van der Waals surface area contributed by atoms with Crippen LogP contribution < -0.4 is 10.1 Å². The molecule has 1 amide bonds. The molecular formula is C12H16N2O2. The molecule has 1 aliphatic heterocycles. The molecule has 0 unspecified atom stereocenters. The second-order valence-electron chi connectivity index (χ2n) is 3.98. The Morgan fingerprint density at radius 3 is 2.88 bits per heavy atom. The molecule has 16 heavy (non-hydrogen) atoms. The minimum Gasteiger partial charge on any atom is -0.410 e. The van der Waals surface area contributed by atoms with Crippen molar-refractivity contribution >= 4 is 6.09 Å². The normalized spacial score (nSPS) is 20.6. The Bertz CT molecular complexity index is 353. The van der Waals surface area contributed by atoms with Crippen molar-refractivity contribution < 1.29 is 9.53 Å². The van der Waals surface area contributed by atoms with Gasteiger partial charge in [0, 0.05) is 25.7 Å². The third-order valence-electron chi connectivity index (χ3n) is 2.58. The Labute approximate surface area is 95.2 Å². The first kappa shape index (κ1) is 11.0. The van der Waals surface area contributed by atoms with Crippen molar-refractivity contribution in [3.8, 4) is 5.75 Å². The van der Waals surface area contributed by atoms with Gasteiger partial charge in [0.15, 0.2) is 0 Å². The molecule has 0 saturated carbocycles. The van der Waals surface area contributed by atoms with Gasteiger partial charge in [0.2, 0.25) is 0 Å². The van der Waals surface area contributed by atoms with Gasteiger partial charge in [-0.2, -0.15) is 0 Å². The second kappa shape index (κ2) is 4.99. The summed E-state index contributed by atoms with van der Waals surface area (Å²) in [5, 5.41) is 3.28. The number of carbonyl (C=O) groups is 1. The molecule has 4 nitrogen and oxygen atoms in total. The van der Waals surface area contributed by atoms with E-state index >= 15 is 0 Å². The summed E-state index contributed by atoms with van der Waals surface area (Å²) < 4.78 is 5.26. The lowest BCUT2D eigenvalue weighted by Crippen LogP contribution is -2.52. The van der Waals surface area contributed by atoms with Crippen molar-refractivity contribution in [2.45, 2.75) is 13.0 Å². The van der Waals surface area contributed by atoms with E-state index in [0.29, 0.717) is 24.9 Å². The average molecular weight is 220 g/mol. The third kappa shape index (κ3) is 2.73. The van der Waals surface area contributed by atoms with Crippen LogP contribution in [0.3, 0.4) is 0 Å². The van der Waals surface area contributed by atoms with E-state index in [2.05, 4.69) is 12.2 Å². The largest absolute Gasteiger partial charge is 0.415 e. The van der Waals surface area contributed by atoms with Crippen LogP contribution in [0.15, 0.2) is 30.3 Å². The van der Waals surface area contributed by atoms with E-state index in [1.807, 2.05) is 18.2 Å². The molecule has 1 fully saturated rings. The number of benzene rings is 1. The van der Waals surface area contributed by atoms with Crippen LogP contribution in [-0.2, 0) is 0 Å². The summed E-state index contributed by atoms with van der Waals surface area (Å²) in [4.78, 5) is 13.5. The molecule has 2 rings (SSSR count). The molecule has 1 atom stereocenters. The number of hydrogen-bond donors (Lipinski definition) is 1. The lowest BCUT2D eigenvalue weighted by Gasteiger charge is -2.30. The minimum atomic E-state index is -0.264. The van der Waals surface area contributed by atoms with Gasteiger partial charge in [0.25, 0.3) is 0 Å². The van der Waals surface area contributed by atoms with Crippen molar-refractivity contribution in [1.29, 1.82) is 0 Å². The summed E-state index contributed by atoms with van der Waals surface area (Å²) in [5.74, 6) is 0.596. The molecule has 1 aromatic rings. The maximum Gasteiger partial charge on any atom is 0.415 e. The summed E-state index contributed by atoms with van der Waals surface area (Å²) in [7, 11) is 0. The molecule has 1 saturated heterocycles. The van der Waals surface area contributed by atoms with Gasteiger partial charge in [0.1, 0.15) is 5.75 Å². The maximum atomic E-state index is 11.8. The number of nitrogens with zero attached hydrogens (tertiary/aromatic N) is 1. The van der Waals surface area contributed by atoms with Gasteiger partial charge < -0.3 is 15.0 Å². The van der Waals surface area contributed by atoms with E-state index in [1.165, 1.54) is 0 Å². The zero-order valence-electron chi connectivity index (χ0n) is 9.35. The van der Waals surface area contributed by atoms with Crippen LogP contribution in [0, 0.1) is 0 Å². The number of para-hydroxylation sites is 1. The van der Waals surface area contributed by atoms with Crippen molar-refractivity contribution in [1.82, 2.24) is 10.2 Å². The second-order valence-corrected chi connectivity index (χ2v) is 3.98. The lowest BCUT2D eigenvalue weighted by molar-refractivity contribution is 0.137. The molecule has 0 bridgehead atoms. The van der Waals surface area contributed by atoms with Crippen molar-refractivity contribution in [2.75, 3.05) is 19.6 Å². The summed E-state index contributed by atoms with van der Waals surface area (Å²) in [6, 6.07) is 9.49. The van der Waals surface area contributed by atoms with Crippen molar-refractivity contribution in [2.24, 2.45) is 0 Å².